The molecule has 1 saturated carbocycles. The fourth-order valence-electron chi connectivity index (χ4n) is 1.88. The highest BCUT2D eigenvalue weighted by Crippen LogP contribution is 2.39. The zero-order valence-corrected chi connectivity index (χ0v) is 10.6. The maximum atomic E-state index is 11.7. The number of rotatable bonds is 3. The van der Waals surface area contributed by atoms with Crippen LogP contribution in [0.15, 0.2) is 29.7 Å². The molecule has 1 fully saturated rings. The van der Waals surface area contributed by atoms with E-state index in [1.165, 1.54) is 0 Å². The number of nitrogens with zero attached hydrogens (tertiary/aromatic N) is 4. The molecule has 0 unspecified atom stereocenters. The Balaban J connectivity index is 2.20. The summed E-state index contributed by atoms with van der Waals surface area (Å²) >= 11 is 0. The Morgan fingerprint density at radius 2 is 2.11 bits per heavy atom. The minimum absolute atomic E-state index is 0.0452. The normalized spacial score (nSPS) is 15.8. The predicted octanol–water partition coefficient (Wildman–Crippen LogP) is 1.08. The maximum absolute atomic E-state index is 11.7. The van der Waals surface area contributed by atoms with Crippen molar-refractivity contribution < 1.29 is 8.42 Å². The van der Waals surface area contributed by atoms with Crippen LogP contribution in [0.4, 0.5) is 0 Å². The van der Waals surface area contributed by atoms with Gasteiger partial charge in [-0.15, -0.1) is 10.2 Å². The van der Waals surface area contributed by atoms with Gasteiger partial charge in [-0.05, 0) is 25.0 Å². The summed E-state index contributed by atoms with van der Waals surface area (Å²) in [6.45, 7) is 0. The summed E-state index contributed by atoms with van der Waals surface area (Å²) in [5.74, 6) is 0.575. The lowest BCUT2D eigenvalue weighted by Gasteiger charge is -2.07. The lowest BCUT2D eigenvalue weighted by molar-refractivity contribution is 0.571. The molecule has 0 saturated heterocycles. The minimum Gasteiger partial charge on any atom is -0.295 e. The highest BCUT2D eigenvalue weighted by Gasteiger charge is 2.33. The van der Waals surface area contributed by atoms with E-state index in [0.29, 0.717) is 5.82 Å². The smallest absolute Gasteiger partial charge is 0.249 e. The Morgan fingerprint density at radius 1 is 1.33 bits per heavy atom. The van der Waals surface area contributed by atoms with Crippen molar-refractivity contribution in [3.63, 3.8) is 0 Å². The SMILES string of the molecule is CS(=O)(=O)c1nnc(-c2cccnc2)n1C1CC1. The van der Waals surface area contributed by atoms with E-state index in [0.717, 1.165) is 24.7 Å². The molecule has 1 aliphatic carbocycles. The summed E-state index contributed by atoms with van der Waals surface area (Å²) in [6.07, 6.45) is 6.42. The molecule has 94 valence electrons. The van der Waals surface area contributed by atoms with Crippen molar-refractivity contribution in [3.8, 4) is 11.4 Å². The first-order valence-corrected chi connectivity index (χ1v) is 7.52. The molecule has 0 aliphatic heterocycles. The largest absolute Gasteiger partial charge is 0.295 e. The third kappa shape index (κ3) is 1.90. The first-order chi connectivity index (χ1) is 8.57. The van der Waals surface area contributed by atoms with Crippen LogP contribution in [0.25, 0.3) is 11.4 Å². The Bertz CT molecular complexity index is 674. The number of sulfone groups is 1. The van der Waals surface area contributed by atoms with Gasteiger partial charge >= 0.3 is 0 Å². The minimum atomic E-state index is -3.36. The van der Waals surface area contributed by atoms with Gasteiger partial charge in [0.05, 0.1) is 0 Å². The molecule has 0 atom stereocenters. The summed E-state index contributed by atoms with van der Waals surface area (Å²) in [5, 5.41) is 7.88. The number of hydrogen-bond acceptors (Lipinski definition) is 5. The van der Waals surface area contributed by atoms with Gasteiger partial charge in [0, 0.05) is 30.3 Å². The Labute approximate surface area is 105 Å². The lowest BCUT2D eigenvalue weighted by atomic mass is 10.3. The number of hydrogen-bond donors (Lipinski definition) is 0. The second kappa shape index (κ2) is 3.88. The van der Waals surface area contributed by atoms with E-state index in [1.54, 1.807) is 23.0 Å². The van der Waals surface area contributed by atoms with Crippen LogP contribution in [0.2, 0.25) is 0 Å². The average Bonchev–Trinajstić information content (AvgIpc) is 3.07. The molecule has 0 spiro atoms. The van der Waals surface area contributed by atoms with Crippen LogP contribution in [-0.4, -0.2) is 34.4 Å². The first kappa shape index (κ1) is 11.3. The van der Waals surface area contributed by atoms with E-state index in [-0.39, 0.29) is 11.2 Å². The van der Waals surface area contributed by atoms with Gasteiger partial charge in [0.1, 0.15) is 0 Å². The topological polar surface area (TPSA) is 77.7 Å². The van der Waals surface area contributed by atoms with Crippen LogP contribution < -0.4 is 0 Å². The van der Waals surface area contributed by atoms with Crippen molar-refractivity contribution in [2.45, 2.75) is 24.0 Å². The summed E-state index contributed by atoms with van der Waals surface area (Å²) in [6, 6.07) is 3.84. The molecule has 0 N–H and O–H groups in total. The van der Waals surface area contributed by atoms with E-state index in [1.807, 2.05) is 6.07 Å². The van der Waals surface area contributed by atoms with Crippen molar-refractivity contribution >= 4 is 9.84 Å². The van der Waals surface area contributed by atoms with E-state index >= 15 is 0 Å². The second-order valence-electron chi connectivity index (χ2n) is 4.42. The Morgan fingerprint density at radius 3 is 2.67 bits per heavy atom. The molecule has 1 aliphatic rings. The third-order valence-electron chi connectivity index (χ3n) is 2.83. The molecule has 0 bridgehead atoms. The molecule has 0 amide bonds. The van der Waals surface area contributed by atoms with Gasteiger partial charge in [-0.3, -0.25) is 9.55 Å². The summed E-state index contributed by atoms with van der Waals surface area (Å²) in [7, 11) is -3.36. The van der Waals surface area contributed by atoms with Crippen LogP contribution in [0.3, 0.4) is 0 Å². The van der Waals surface area contributed by atoms with E-state index in [9.17, 15) is 8.42 Å². The Hall–Kier alpha value is -1.76. The van der Waals surface area contributed by atoms with E-state index < -0.39 is 9.84 Å². The van der Waals surface area contributed by atoms with Gasteiger partial charge in [0.15, 0.2) is 5.82 Å². The standard InChI is InChI=1S/C11H12N4O2S/c1-18(16,17)11-14-13-10(15(11)9-4-5-9)8-3-2-6-12-7-8/h2-3,6-7,9H,4-5H2,1H3. The molecule has 18 heavy (non-hydrogen) atoms. The summed E-state index contributed by atoms with van der Waals surface area (Å²) < 4.78 is 25.1. The van der Waals surface area contributed by atoms with Crippen molar-refractivity contribution in [1.29, 1.82) is 0 Å². The van der Waals surface area contributed by atoms with Crippen LogP contribution in [-0.2, 0) is 9.84 Å². The molecule has 0 aromatic carbocycles. The lowest BCUT2D eigenvalue weighted by Crippen LogP contribution is -2.09. The van der Waals surface area contributed by atoms with E-state index in [4.69, 9.17) is 0 Å². The second-order valence-corrected chi connectivity index (χ2v) is 6.33. The van der Waals surface area contributed by atoms with Crippen molar-refractivity contribution in [2.75, 3.05) is 6.26 Å². The van der Waals surface area contributed by atoms with Gasteiger partial charge < -0.3 is 0 Å². The van der Waals surface area contributed by atoms with Crippen molar-refractivity contribution in [2.24, 2.45) is 0 Å². The summed E-state index contributed by atoms with van der Waals surface area (Å²) in [5.41, 5.74) is 0.784. The first-order valence-electron chi connectivity index (χ1n) is 5.63. The zero-order valence-electron chi connectivity index (χ0n) is 9.81. The number of aromatic nitrogens is 4. The zero-order chi connectivity index (χ0) is 12.8. The predicted molar refractivity (Wildman–Crippen MR) is 64.6 cm³/mol. The Kier molecular flexibility index (Phi) is 2.44. The van der Waals surface area contributed by atoms with Crippen LogP contribution >= 0.6 is 0 Å². The maximum Gasteiger partial charge on any atom is 0.249 e. The average molecular weight is 264 g/mol. The van der Waals surface area contributed by atoms with Crippen molar-refractivity contribution in [1.82, 2.24) is 19.7 Å². The number of pyridine rings is 1. The highest BCUT2D eigenvalue weighted by atomic mass is 32.2. The molecular weight excluding hydrogens is 252 g/mol. The quantitative estimate of drug-likeness (QED) is 0.829. The molecule has 6 nitrogen and oxygen atoms in total. The van der Waals surface area contributed by atoms with Gasteiger partial charge in [-0.1, -0.05) is 0 Å². The van der Waals surface area contributed by atoms with Crippen molar-refractivity contribution in [3.05, 3.63) is 24.5 Å². The molecular formula is C11H12N4O2S. The molecule has 0 radical (unpaired) electrons. The van der Waals surface area contributed by atoms with Gasteiger partial charge in [0.25, 0.3) is 0 Å². The van der Waals surface area contributed by atoms with Crippen LogP contribution in [0.1, 0.15) is 18.9 Å². The molecule has 3 rings (SSSR count). The monoisotopic (exact) mass is 264 g/mol. The molecule has 7 heteroatoms. The van der Waals surface area contributed by atoms with Gasteiger partial charge in [0.2, 0.25) is 15.0 Å². The molecule has 2 aromatic rings. The fraction of sp³-hybridized carbons (Fsp3) is 0.364. The molecule has 2 heterocycles. The van der Waals surface area contributed by atoms with E-state index in [2.05, 4.69) is 15.2 Å². The summed E-state index contributed by atoms with van der Waals surface area (Å²) in [4.78, 5) is 4.02. The van der Waals surface area contributed by atoms with Gasteiger partial charge in [-0.25, -0.2) is 8.42 Å². The fourth-order valence-corrected chi connectivity index (χ4v) is 2.67. The highest BCUT2D eigenvalue weighted by molar-refractivity contribution is 7.90. The van der Waals surface area contributed by atoms with Gasteiger partial charge in [-0.2, -0.15) is 0 Å². The van der Waals surface area contributed by atoms with Crippen LogP contribution in [0, 0.1) is 0 Å². The molecule has 2 aromatic heterocycles. The third-order valence-corrected chi connectivity index (χ3v) is 3.77. The van der Waals surface area contributed by atoms with Crippen LogP contribution in [0.5, 0.6) is 0 Å².